The highest BCUT2D eigenvalue weighted by Gasteiger charge is 2.63. The second kappa shape index (κ2) is 16.8. The topological polar surface area (TPSA) is 151 Å². The Kier molecular flexibility index (Phi) is 11.5. The van der Waals surface area contributed by atoms with Gasteiger partial charge < -0.3 is 24.4 Å². The summed E-state index contributed by atoms with van der Waals surface area (Å²) in [5.74, 6) is -3.20. The van der Waals surface area contributed by atoms with Crippen molar-refractivity contribution in [2.24, 2.45) is 17.8 Å². The number of carbonyl (C=O) groups is 3. The van der Waals surface area contributed by atoms with Gasteiger partial charge in [-0.05, 0) is 82.9 Å². The second-order valence-electron chi connectivity index (χ2n) is 12.9. The van der Waals surface area contributed by atoms with E-state index in [-0.39, 0.29) is 30.7 Å². The second-order valence-corrected chi connectivity index (χ2v) is 12.9. The number of carbonyl (C=O) groups excluding carboxylic acids is 2. The molecule has 2 amide bonds. The molecule has 1 fully saturated rings. The Hall–Kier alpha value is -6.04. The molecule has 4 atom stereocenters. The Morgan fingerprint density at radius 3 is 1.48 bits per heavy atom. The average molecular weight is 703 g/mol. The summed E-state index contributed by atoms with van der Waals surface area (Å²) in [5, 5.41) is 24.5. The molecule has 4 aromatic carbocycles. The van der Waals surface area contributed by atoms with Crippen molar-refractivity contribution < 1.29 is 29.0 Å². The summed E-state index contributed by atoms with van der Waals surface area (Å²) in [6.45, 7) is 5.23. The van der Waals surface area contributed by atoms with Gasteiger partial charge in [-0.25, -0.2) is 5.10 Å². The van der Waals surface area contributed by atoms with Crippen LogP contribution in [-0.2, 0) is 27.5 Å². The molecular formula is C40H42N6O6. The number of benzene rings is 4. The number of aromatic amines is 1. The molecule has 1 aliphatic rings. The Morgan fingerprint density at radius 2 is 1.08 bits per heavy atom. The van der Waals surface area contributed by atoms with Crippen LogP contribution in [-0.4, -0.2) is 66.4 Å². The smallest absolute Gasteiger partial charge is 0.308 e. The normalized spacial score (nSPS) is 17.8. The van der Waals surface area contributed by atoms with Crippen LogP contribution in [0.5, 0.6) is 23.0 Å². The van der Waals surface area contributed by atoms with Gasteiger partial charge >= 0.3 is 5.97 Å². The van der Waals surface area contributed by atoms with E-state index < -0.39 is 29.6 Å². The number of tetrazole rings is 1. The maximum absolute atomic E-state index is 14.6. The molecule has 12 heteroatoms. The first-order chi connectivity index (χ1) is 25.4. The quantitative estimate of drug-likeness (QED) is 0.115. The largest absolute Gasteiger partial charge is 0.481 e. The van der Waals surface area contributed by atoms with Crippen LogP contribution < -0.4 is 9.47 Å². The van der Waals surface area contributed by atoms with E-state index in [0.717, 1.165) is 11.1 Å². The first kappa shape index (κ1) is 35.8. The van der Waals surface area contributed by atoms with Gasteiger partial charge in [-0.1, -0.05) is 74.5 Å². The third kappa shape index (κ3) is 8.28. The lowest BCUT2D eigenvalue weighted by Gasteiger charge is -2.49. The van der Waals surface area contributed by atoms with Crippen molar-refractivity contribution in [2.75, 3.05) is 13.1 Å². The van der Waals surface area contributed by atoms with Crippen molar-refractivity contribution in [3.8, 4) is 23.0 Å². The highest BCUT2D eigenvalue weighted by Crippen LogP contribution is 2.53. The third-order valence-electron chi connectivity index (χ3n) is 9.24. The van der Waals surface area contributed by atoms with Crippen LogP contribution in [0.4, 0.5) is 0 Å². The van der Waals surface area contributed by atoms with Crippen LogP contribution in [0.1, 0.15) is 49.6 Å². The molecule has 2 N–H and O–H groups in total. The van der Waals surface area contributed by atoms with Crippen molar-refractivity contribution in [2.45, 2.75) is 45.7 Å². The summed E-state index contributed by atoms with van der Waals surface area (Å²) >= 11 is 0. The summed E-state index contributed by atoms with van der Waals surface area (Å²) in [5.41, 5.74) is 1.71. The molecule has 1 saturated carbocycles. The number of ether oxygens (including phenoxy) is 2. The summed E-state index contributed by atoms with van der Waals surface area (Å²) in [6, 6.07) is 33.8. The molecule has 268 valence electrons. The maximum Gasteiger partial charge on any atom is 0.308 e. The van der Waals surface area contributed by atoms with Gasteiger partial charge in [-0.15, -0.1) is 5.10 Å². The number of rotatable bonds is 16. The fourth-order valence-corrected chi connectivity index (χ4v) is 6.83. The molecule has 6 rings (SSSR count). The van der Waals surface area contributed by atoms with Crippen molar-refractivity contribution in [1.82, 2.24) is 30.4 Å². The average Bonchev–Trinajstić information content (AvgIpc) is 3.67. The predicted octanol–water partition coefficient (Wildman–Crippen LogP) is 6.69. The Morgan fingerprint density at radius 1 is 0.635 bits per heavy atom. The molecule has 52 heavy (non-hydrogen) atoms. The molecule has 5 aromatic rings. The number of aromatic nitrogens is 4. The highest BCUT2D eigenvalue weighted by molar-refractivity contribution is 5.95. The Labute approximate surface area is 302 Å². The number of hydrogen-bond donors (Lipinski definition) is 2. The number of nitrogens with one attached hydrogen (secondary N) is 1. The minimum absolute atomic E-state index is 0.171. The predicted molar refractivity (Wildman–Crippen MR) is 192 cm³/mol. The fourth-order valence-electron chi connectivity index (χ4n) is 6.83. The van der Waals surface area contributed by atoms with Crippen molar-refractivity contribution in [1.29, 1.82) is 0 Å². The van der Waals surface area contributed by atoms with Gasteiger partial charge in [-0.2, -0.15) is 0 Å². The lowest BCUT2D eigenvalue weighted by atomic mass is 9.55. The third-order valence-corrected chi connectivity index (χ3v) is 9.24. The maximum atomic E-state index is 14.6. The van der Waals surface area contributed by atoms with Crippen molar-refractivity contribution >= 4 is 17.8 Å². The van der Waals surface area contributed by atoms with Gasteiger partial charge in [0.05, 0.1) is 17.8 Å². The Balaban J connectivity index is 1.23. The van der Waals surface area contributed by atoms with Crippen LogP contribution in [0.25, 0.3) is 0 Å². The van der Waals surface area contributed by atoms with E-state index in [2.05, 4.69) is 20.6 Å². The van der Waals surface area contributed by atoms with Gasteiger partial charge in [0.1, 0.15) is 23.0 Å². The number of aliphatic carboxylic acids is 1. The van der Waals surface area contributed by atoms with E-state index in [4.69, 9.17) is 9.47 Å². The van der Waals surface area contributed by atoms with Crippen LogP contribution in [0.2, 0.25) is 0 Å². The molecule has 0 spiro atoms. The molecule has 0 bridgehead atoms. The van der Waals surface area contributed by atoms with Gasteiger partial charge in [0.25, 0.3) is 0 Å². The van der Waals surface area contributed by atoms with Crippen molar-refractivity contribution in [3.05, 3.63) is 126 Å². The number of carboxylic acid groups (broad SMARTS) is 1. The zero-order chi connectivity index (χ0) is 36.5. The molecule has 4 unspecified atom stereocenters. The van der Waals surface area contributed by atoms with Crippen LogP contribution in [0.15, 0.2) is 109 Å². The monoisotopic (exact) mass is 702 g/mol. The lowest BCUT2D eigenvalue weighted by molar-refractivity contribution is -0.173. The zero-order valence-corrected chi connectivity index (χ0v) is 29.2. The number of H-pyrrole nitrogens is 1. The molecule has 1 aliphatic carbocycles. The first-order valence-corrected chi connectivity index (χ1v) is 17.5. The number of para-hydroxylation sites is 2. The van der Waals surface area contributed by atoms with Gasteiger partial charge in [-0.3, -0.25) is 14.4 Å². The zero-order valence-electron chi connectivity index (χ0n) is 29.2. The van der Waals surface area contributed by atoms with Crippen molar-refractivity contribution in [3.63, 3.8) is 0 Å². The van der Waals surface area contributed by atoms with E-state index in [1.54, 1.807) is 9.80 Å². The molecule has 1 heterocycles. The molecule has 1 aromatic heterocycles. The van der Waals surface area contributed by atoms with E-state index in [0.29, 0.717) is 48.9 Å². The van der Waals surface area contributed by atoms with E-state index >= 15 is 0 Å². The minimum Gasteiger partial charge on any atom is -0.481 e. The minimum atomic E-state index is -1.20. The number of hydrogen-bond acceptors (Lipinski definition) is 8. The Bertz CT molecular complexity index is 1910. The molecule has 0 aliphatic heterocycles. The highest BCUT2D eigenvalue weighted by atomic mass is 16.5. The van der Waals surface area contributed by atoms with Gasteiger partial charge in [0.15, 0.2) is 5.82 Å². The van der Waals surface area contributed by atoms with E-state index in [1.165, 1.54) is 0 Å². The molecule has 0 radical (unpaired) electrons. The van der Waals surface area contributed by atoms with Crippen LogP contribution in [0.3, 0.4) is 0 Å². The lowest BCUT2D eigenvalue weighted by Crippen LogP contribution is -2.61. The summed E-state index contributed by atoms with van der Waals surface area (Å²) in [6.07, 6.45) is 1.31. The van der Waals surface area contributed by atoms with E-state index in [9.17, 15) is 19.5 Å². The number of amides is 2. The molecular weight excluding hydrogens is 660 g/mol. The van der Waals surface area contributed by atoms with Gasteiger partial charge in [0, 0.05) is 32.1 Å². The fraction of sp³-hybridized carbons (Fsp3) is 0.300. The summed E-state index contributed by atoms with van der Waals surface area (Å²) in [7, 11) is 0. The first-order valence-electron chi connectivity index (χ1n) is 17.5. The molecule has 0 saturated heterocycles. The SMILES string of the molecule is CCCN(Cc1ccc(Oc2ccccc2)cc1)C(=O)C1C(C(=O)O)C(c2nnn[nH]2)C1C(=O)N(CCC)Cc1ccc(Oc2ccccc2)cc1. The summed E-state index contributed by atoms with van der Waals surface area (Å²) in [4.78, 5) is 45.3. The van der Waals surface area contributed by atoms with Crippen LogP contribution in [0, 0.1) is 17.8 Å². The van der Waals surface area contributed by atoms with E-state index in [1.807, 2.05) is 123 Å². The van der Waals surface area contributed by atoms with Gasteiger partial charge in [0.2, 0.25) is 11.8 Å². The standard InChI is InChI=1S/C40H42N6O6/c1-3-23-45(25-27-15-19-31(20-16-27)51-29-11-7-5-8-12-29)38(47)34-33(37-41-43-44-42-37)36(40(49)50)35(34)39(48)46(24-4-2)26-28-17-21-32(22-18-28)52-30-13-9-6-10-14-30/h5-22,33-36H,3-4,23-26H2,1-2H3,(H,49,50)(H,41,42,43,44). The number of carboxylic acids is 1. The van der Waals surface area contributed by atoms with Crippen LogP contribution >= 0.6 is 0 Å². The summed E-state index contributed by atoms with van der Waals surface area (Å²) < 4.78 is 11.9. The number of nitrogens with zero attached hydrogens (tertiary/aromatic N) is 5. The molecule has 12 nitrogen and oxygen atoms in total.